The molecule has 4 rings (SSSR count). The predicted molar refractivity (Wildman–Crippen MR) is 134 cm³/mol. The molecule has 0 saturated heterocycles. The van der Waals surface area contributed by atoms with Crippen molar-refractivity contribution in [3.05, 3.63) is 53.7 Å². The molecule has 3 aromatic rings. The van der Waals surface area contributed by atoms with Crippen molar-refractivity contribution in [2.45, 2.75) is 57.7 Å². The fraction of sp³-hybridized carbons (Fsp3) is 0.480. The van der Waals surface area contributed by atoms with Gasteiger partial charge >= 0.3 is 6.18 Å². The highest BCUT2D eigenvalue weighted by atomic mass is 32.2. The zero-order valence-electron chi connectivity index (χ0n) is 21.2. The van der Waals surface area contributed by atoms with E-state index in [2.05, 4.69) is 10.3 Å². The summed E-state index contributed by atoms with van der Waals surface area (Å²) in [6.07, 6.45) is 2.85. The molecule has 0 aromatic carbocycles. The number of halogens is 3. The smallest absolute Gasteiger partial charge is 0.433 e. The van der Waals surface area contributed by atoms with Gasteiger partial charge in [-0.3, -0.25) is 8.98 Å². The van der Waals surface area contributed by atoms with Crippen molar-refractivity contribution in [2.75, 3.05) is 18.2 Å². The number of aromatic nitrogens is 3. The van der Waals surface area contributed by atoms with Crippen LogP contribution in [0.3, 0.4) is 0 Å². The van der Waals surface area contributed by atoms with Crippen molar-refractivity contribution in [2.24, 2.45) is 5.92 Å². The Bertz CT molecular complexity index is 1410. The van der Waals surface area contributed by atoms with Crippen molar-refractivity contribution in [3.63, 3.8) is 0 Å². The van der Waals surface area contributed by atoms with E-state index in [1.807, 2.05) is 20.0 Å². The summed E-state index contributed by atoms with van der Waals surface area (Å²) in [5, 5.41) is 2.62. The Labute approximate surface area is 218 Å². The average molecular weight is 555 g/mol. The molecule has 3 aromatic heterocycles. The van der Waals surface area contributed by atoms with E-state index >= 15 is 0 Å². The van der Waals surface area contributed by atoms with Gasteiger partial charge in [0.15, 0.2) is 0 Å². The number of imidazole rings is 1. The topological polar surface area (TPSA) is 112 Å². The van der Waals surface area contributed by atoms with Crippen LogP contribution >= 0.6 is 0 Å². The molecular weight excluding hydrogens is 525 g/mol. The number of hydrogen-bond donors (Lipinski definition) is 1. The molecule has 0 unspecified atom stereocenters. The number of alkyl halides is 3. The highest BCUT2D eigenvalue weighted by Gasteiger charge is 2.33. The number of carbonyl (C=O) groups excluding carboxylic acids is 1. The SMILES string of the molecule is CC(C)Oc1cc2nc(C3CCC(COS(C)(=O)=O)CC3)cn2cc1NC(=O)c1cccc(C(F)(F)F)n1. The van der Waals surface area contributed by atoms with Crippen LogP contribution in [0.25, 0.3) is 5.65 Å². The zero-order valence-corrected chi connectivity index (χ0v) is 22.0. The first-order chi connectivity index (χ1) is 17.8. The number of nitrogens with one attached hydrogen (secondary N) is 1. The molecule has 3 heterocycles. The molecule has 38 heavy (non-hydrogen) atoms. The minimum Gasteiger partial charge on any atom is -0.489 e. The van der Waals surface area contributed by atoms with E-state index in [4.69, 9.17) is 13.9 Å². The third kappa shape index (κ3) is 7.01. The van der Waals surface area contributed by atoms with E-state index < -0.39 is 27.9 Å². The Morgan fingerprint density at radius 1 is 1.16 bits per heavy atom. The normalized spacial score (nSPS) is 18.6. The molecule has 9 nitrogen and oxygen atoms in total. The van der Waals surface area contributed by atoms with Crippen LogP contribution in [0.4, 0.5) is 18.9 Å². The van der Waals surface area contributed by atoms with Crippen molar-refractivity contribution in [1.82, 2.24) is 14.4 Å². The summed E-state index contributed by atoms with van der Waals surface area (Å²) in [7, 11) is -3.47. The largest absolute Gasteiger partial charge is 0.489 e. The van der Waals surface area contributed by atoms with Gasteiger partial charge in [-0.05, 0) is 57.6 Å². The third-order valence-electron chi connectivity index (χ3n) is 6.24. The molecule has 0 aliphatic heterocycles. The number of ether oxygens (including phenoxy) is 1. The lowest BCUT2D eigenvalue weighted by molar-refractivity contribution is -0.141. The van der Waals surface area contributed by atoms with E-state index in [-0.39, 0.29) is 35.9 Å². The summed E-state index contributed by atoms with van der Waals surface area (Å²) >= 11 is 0. The van der Waals surface area contributed by atoms with Gasteiger partial charge in [-0.25, -0.2) is 9.97 Å². The van der Waals surface area contributed by atoms with Gasteiger partial charge in [-0.15, -0.1) is 0 Å². The Kier molecular flexibility index (Phi) is 7.98. The second kappa shape index (κ2) is 10.9. The highest BCUT2D eigenvalue weighted by Crippen LogP contribution is 2.37. The van der Waals surface area contributed by atoms with Gasteiger partial charge in [-0.2, -0.15) is 21.6 Å². The summed E-state index contributed by atoms with van der Waals surface area (Å²) < 4.78 is 74.2. The molecule has 1 saturated carbocycles. The standard InChI is InChI=1S/C25H29F3N4O5S/c1-15(2)37-21-11-23-30-19(17-9-7-16(8-10-17)14-36-38(3,34)35)12-32(23)13-20(21)31-24(33)18-5-4-6-22(29-18)25(26,27)28/h4-6,11-13,15-17H,7-10,14H2,1-3H3,(H,31,33). The van der Waals surface area contributed by atoms with Crippen molar-refractivity contribution < 1.29 is 35.3 Å². The van der Waals surface area contributed by atoms with Gasteiger partial charge in [-0.1, -0.05) is 6.07 Å². The highest BCUT2D eigenvalue weighted by molar-refractivity contribution is 7.85. The van der Waals surface area contributed by atoms with Crippen LogP contribution in [0.15, 0.2) is 36.7 Å². The number of pyridine rings is 2. The molecule has 0 spiro atoms. The first kappa shape index (κ1) is 27.8. The van der Waals surface area contributed by atoms with Crippen LogP contribution in [0, 0.1) is 5.92 Å². The maximum Gasteiger partial charge on any atom is 0.433 e. The molecule has 13 heteroatoms. The monoisotopic (exact) mass is 554 g/mol. The molecule has 1 amide bonds. The molecule has 1 aliphatic carbocycles. The van der Waals surface area contributed by atoms with Crippen molar-refractivity contribution in [1.29, 1.82) is 0 Å². The van der Waals surface area contributed by atoms with Crippen LogP contribution in [-0.2, 0) is 20.5 Å². The lowest BCUT2D eigenvalue weighted by Gasteiger charge is -2.26. The summed E-state index contributed by atoms with van der Waals surface area (Å²) in [5.41, 5.74) is 0.176. The van der Waals surface area contributed by atoms with Gasteiger partial charge in [0.05, 0.1) is 24.7 Å². The minimum atomic E-state index is -4.67. The fourth-order valence-corrected chi connectivity index (χ4v) is 4.87. The van der Waals surface area contributed by atoms with Gasteiger partial charge in [0.1, 0.15) is 28.5 Å². The van der Waals surface area contributed by atoms with Crippen molar-refractivity contribution >= 4 is 27.4 Å². The zero-order chi connectivity index (χ0) is 27.7. The number of nitrogens with zero attached hydrogens (tertiary/aromatic N) is 3. The fourth-order valence-electron chi connectivity index (χ4n) is 4.43. The Hall–Kier alpha value is -3.19. The molecular formula is C25H29F3N4O5S. The molecule has 1 N–H and O–H groups in total. The molecule has 0 bridgehead atoms. The summed E-state index contributed by atoms with van der Waals surface area (Å²) in [6, 6.07) is 4.81. The molecule has 1 aliphatic rings. The predicted octanol–water partition coefficient (Wildman–Crippen LogP) is 5.04. The van der Waals surface area contributed by atoms with Gasteiger partial charge in [0.25, 0.3) is 16.0 Å². The number of anilines is 1. The van der Waals surface area contributed by atoms with Crippen LogP contribution in [0.5, 0.6) is 5.75 Å². The second-order valence-electron chi connectivity index (χ2n) is 9.72. The number of fused-ring (bicyclic) bond motifs is 1. The molecule has 0 radical (unpaired) electrons. The van der Waals surface area contributed by atoms with E-state index in [0.717, 1.165) is 49.8 Å². The lowest BCUT2D eigenvalue weighted by atomic mass is 9.81. The quantitative estimate of drug-likeness (QED) is 0.389. The second-order valence-corrected chi connectivity index (χ2v) is 11.4. The number of rotatable bonds is 8. The molecule has 0 atom stereocenters. The lowest BCUT2D eigenvalue weighted by Crippen LogP contribution is -2.19. The van der Waals surface area contributed by atoms with E-state index in [1.165, 1.54) is 6.07 Å². The average Bonchev–Trinajstić information content (AvgIpc) is 3.24. The van der Waals surface area contributed by atoms with E-state index in [9.17, 15) is 26.4 Å². The maximum absolute atomic E-state index is 13.0. The number of carbonyl (C=O) groups is 1. The van der Waals surface area contributed by atoms with Crippen LogP contribution in [-0.4, -0.2) is 47.7 Å². The summed E-state index contributed by atoms with van der Waals surface area (Å²) in [4.78, 5) is 21.0. The van der Waals surface area contributed by atoms with Crippen LogP contribution in [0.1, 0.15) is 67.3 Å². The van der Waals surface area contributed by atoms with Gasteiger partial charge in [0, 0.05) is 24.4 Å². The summed E-state index contributed by atoms with van der Waals surface area (Å²) in [5.74, 6) is -0.146. The van der Waals surface area contributed by atoms with Crippen LogP contribution < -0.4 is 10.1 Å². The van der Waals surface area contributed by atoms with Gasteiger partial charge in [0.2, 0.25) is 0 Å². The maximum atomic E-state index is 13.0. The van der Waals surface area contributed by atoms with Crippen LogP contribution in [0.2, 0.25) is 0 Å². The number of amides is 1. The van der Waals surface area contributed by atoms with Gasteiger partial charge < -0.3 is 14.5 Å². The molecule has 206 valence electrons. The first-order valence-electron chi connectivity index (χ1n) is 12.2. The number of hydrogen-bond acceptors (Lipinski definition) is 7. The first-order valence-corrected chi connectivity index (χ1v) is 14.0. The third-order valence-corrected chi connectivity index (χ3v) is 6.80. The molecule has 1 fully saturated rings. The minimum absolute atomic E-state index is 0.162. The van der Waals surface area contributed by atoms with E-state index in [1.54, 1.807) is 16.7 Å². The Morgan fingerprint density at radius 3 is 2.50 bits per heavy atom. The van der Waals surface area contributed by atoms with E-state index in [0.29, 0.717) is 11.4 Å². The van der Waals surface area contributed by atoms with Crippen molar-refractivity contribution in [3.8, 4) is 5.75 Å². The Balaban J connectivity index is 1.54. The Morgan fingerprint density at radius 2 is 1.87 bits per heavy atom. The summed E-state index contributed by atoms with van der Waals surface area (Å²) in [6.45, 7) is 3.80.